The van der Waals surface area contributed by atoms with E-state index in [0.29, 0.717) is 6.42 Å². The van der Waals surface area contributed by atoms with Crippen molar-refractivity contribution in [1.82, 2.24) is 4.90 Å². The molecule has 27 heavy (non-hydrogen) atoms. The third-order valence-corrected chi connectivity index (χ3v) is 6.16. The molecule has 0 aliphatic heterocycles. The van der Waals surface area contributed by atoms with Gasteiger partial charge in [-0.2, -0.15) is 0 Å². The van der Waals surface area contributed by atoms with Gasteiger partial charge in [-0.25, -0.2) is 0 Å². The molecule has 148 valence electrons. The van der Waals surface area contributed by atoms with E-state index in [4.69, 9.17) is 5.73 Å². The van der Waals surface area contributed by atoms with Gasteiger partial charge in [0.05, 0.1) is 18.1 Å². The number of fused-ring (bicyclic) bond motifs is 2. The third-order valence-electron chi connectivity index (χ3n) is 6.16. The van der Waals surface area contributed by atoms with Crippen molar-refractivity contribution >= 4 is 17.5 Å². The molecule has 0 aromatic rings. The van der Waals surface area contributed by atoms with Crippen molar-refractivity contribution in [2.45, 2.75) is 37.5 Å². The second kappa shape index (κ2) is 6.15. The Hall–Kier alpha value is -2.23. The molecule has 6 N–H and O–H groups in total. The van der Waals surface area contributed by atoms with Gasteiger partial charge >= 0.3 is 0 Å². The van der Waals surface area contributed by atoms with Gasteiger partial charge < -0.3 is 26.2 Å². The number of hydrogen-bond acceptors (Lipinski definition) is 8. The van der Waals surface area contributed by atoms with Crippen molar-refractivity contribution in [2.75, 3.05) is 14.1 Å². The number of nitrogens with two attached hydrogens (primary N) is 1. The maximum absolute atomic E-state index is 12.8. The summed E-state index contributed by atoms with van der Waals surface area (Å²) < 4.78 is 0. The summed E-state index contributed by atoms with van der Waals surface area (Å²) in [5.41, 5.74) is 1.55. The predicted octanol–water partition coefficient (Wildman–Crippen LogP) is -1.05. The normalized spacial score (nSPS) is 39.6. The van der Waals surface area contributed by atoms with Crippen LogP contribution in [0.5, 0.6) is 0 Å². The zero-order valence-corrected chi connectivity index (χ0v) is 15.3. The second-order valence-electron chi connectivity index (χ2n) is 7.87. The zero-order chi connectivity index (χ0) is 20.4. The SMILES string of the molecule is CC1CCC(=O)C2=C(O)[C@]3(O)C(O)=C(C(N)=O)C(=O)C(N(C)C)C3C(O)C21. The molecule has 9 nitrogen and oxygen atoms in total. The maximum atomic E-state index is 12.8. The zero-order valence-electron chi connectivity index (χ0n) is 15.3. The van der Waals surface area contributed by atoms with Gasteiger partial charge in [0.15, 0.2) is 17.2 Å². The fourth-order valence-corrected chi connectivity index (χ4v) is 4.87. The molecule has 0 bridgehead atoms. The van der Waals surface area contributed by atoms with Crippen LogP contribution < -0.4 is 5.73 Å². The molecule has 3 aliphatic rings. The molecule has 0 heterocycles. The molecule has 1 fully saturated rings. The van der Waals surface area contributed by atoms with Crippen LogP contribution in [0.2, 0.25) is 0 Å². The molecule has 3 aliphatic carbocycles. The van der Waals surface area contributed by atoms with Gasteiger partial charge in [0, 0.05) is 17.9 Å². The van der Waals surface area contributed by atoms with Gasteiger partial charge in [0.2, 0.25) is 0 Å². The van der Waals surface area contributed by atoms with E-state index < -0.39 is 64.1 Å². The largest absolute Gasteiger partial charge is 0.508 e. The van der Waals surface area contributed by atoms with Crippen LogP contribution in [0.3, 0.4) is 0 Å². The lowest BCUT2D eigenvalue weighted by atomic mass is 9.56. The monoisotopic (exact) mass is 380 g/mol. The minimum Gasteiger partial charge on any atom is -0.508 e. The maximum Gasteiger partial charge on any atom is 0.255 e. The fourth-order valence-electron chi connectivity index (χ4n) is 4.87. The highest BCUT2D eigenvalue weighted by Crippen LogP contribution is 2.53. The molecule has 1 amide bonds. The molecular weight excluding hydrogens is 356 g/mol. The first-order chi connectivity index (χ1) is 12.5. The van der Waals surface area contributed by atoms with E-state index in [1.165, 1.54) is 19.0 Å². The summed E-state index contributed by atoms with van der Waals surface area (Å²) in [6.45, 7) is 1.80. The Morgan fingerprint density at radius 2 is 1.81 bits per heavy atom. The quantitative estimate of drug-likeness (QED) is 0.379. The Kier molecular flexibility index (Phi) is 4.45. The molecule has 3 rings (SSSR count). The minimum atomic E-state index is -2.66. The van der Waals surface area contributed by atoms with Crippen LogP contribution in [0.25, 0.3) is 0 Å². The molecular formula is C18H24N2O7. The Bertz CT molecular complexity index is 800. The van der Waals surface area contributed by atoms with Gasteiger partial charge in [-0.3, -0.25) is 19.3 Å². The number of rotatable bonds is 2. The number of likely N-dealkylation sites (N-methyl/N-ethyl adjacent to an activating group) is 1. The predicted molar refractivity (Wildman–Crippen MR) is 92.3 cm³/mol. The van der Waals surface area contributed by atoms with Crippen molar-refractivity contribution in [3.63, 3.8) is 0 Å². The van der Waals surface area contributed by atoms with Crippen molar-refractivity contribution in [1.29, 1.82) is 0 Å². The average molecular weight is 380 g/mol. The molecule has 1 saturated carbocycles. The first kappa shape index (κ1) is 19.5. The molecule has 0 saturated heterocycles. The highest BCUT2D eigenvalue weighted by Gasteiger charge is 2.66. The number of carbonyl (C=O) groups is 3. The topological polar surface area (TPSA) is 161 Å². The van der Waals surface area contributed by atoms with E-state index >= 15 is 0 Å². The Morgan fingerprint density at radius 3 is 2.33 bits per heavy atom. The molecule has 5 unspecified atom stereocenters. The van der Waals surface area contributed by atoms with Crippen molar-refractivity contribution in [3.8, 4) is 0 Å². The number of aliphatic hydroxyl groups excluding tert-OH is 3. The number of nitrogens with zero attached hydrogens (tertiary/aromatic N) is 1. The minimum absolute atomic E-state index is 0.119. The average Bonchev–Trinajstić information content (AvgIpc) is 2.56. The summed E-state index contributed by atoms with van der Waals surface area (Å²) in [6.07, 6.45) is -0.807. The van der Waals surface area contributed by atoms with Crippen molar-refractivity contribution in [2.24, 2.45) is 23.5 Å². The van der Waals surface area contributed by atoms with E-state index in [-0.39, 0.29) is 17.9 Å². The Labute approximate surface area is 155 Å². The Balaban J connectivity index is 2.38. The summed E-state index contributed by atoms with van der Waals surface area (Å²) >= 11 is 0. The van der Waals surface area contributed by atoms with E-state index in [1.54, 1.807) is 6.92 Å². The van der Waals surface area contributed by atoms with Crippen LogP contribution >= 0.6 is 0 Å². The molecule has 6 atom stereocenters. The fraction of sp³-hybridized carbons (Fsp3) is 0.611. The number of aliphatic hydroxyl groups is 4. The summed E-state index contributed by atoms with van der Waals surface area (Å²) in [5, 5.41) is 43.8. The summed E-state index contributed by atoms with van der Waals surface area (Å²) in [6, 6.07) is -1.24. The molecule has 0 aromatic carbocycles. The van der Waals surface area contributed by atoms with Crippen LogP contribution in [0.1, 0.15) is 19.8 Å². The Morgan fingerprint density at radius 1 is 1.22 bits per heavy atom. The smallest absolute Gasteiger partial charge is 0.255 e. The van der Waals surface area contributed by atoms with Crippen LogP contribution in [-0.4, -0.2) is 74.6 Å². The van der Waals surface area contributed by atoms with Gasteiger partial charge in [0.1, 0.15) is 17.1 Å². The van der Waals surface area contributed by atoms with E-state index in [9.17, 15) is 34.8 Å². The van der Waals surface area contributed by atoms with Crippen molar-refractivity contribution < 1.29 is 34.8 Å². The third kappa shape index (κ3) is 2.38. The van der Waals surface area contributed by atoms with Crippen LogP contribution in [0.15, 0.2) is 22.7 Å². The van der Waals surface area contributed by atoms with E-state index in [0.717, 1.165) is 0 Å². The molecule has 9 heteroatoms. The number of carbonyl (C=O) groups excluding carboxylic acids is 3. The summed E-state index contributed by atoms with van der Waals surface area (Å²) in [5.74, 6) is -6.90. The van der Waals surface area contributed by atoms with Gasteiger partial charge in [-0.15, -0.1) is 0 Å². The molecule has 0 aromatic heterocycles. The number of primary amides is 1. The summed E-state index contributed by atoms with van der Waals surface area (Å²) in [4.78, 5) is 38.4. The second-order valence-corrected chi connectivity index (χ2v) is 7.87. The van der Waals surface area contributed by atoms with Gasteiger partial charge in [0.25, 0.3) is 5.91 Å². The lowest BCUT2D eigenvalue weighted by Gasteiger charge is -2.53. The highest BCUT2D eigenvalue weighted by molar-refractivity contribution is 6.22. The first-order valence-corrected chi connectivity index (χ1v) is 8.77. The van der Waals surface area contributed by atoms with Crippen molar-refractivity contribution in [3.05, 3.63) is 22.7 Å². The standard InChI is InChI=1S/C18H24N2O7/c1-6-4-5-7(21)9-8(6)13(22)11-12(20(2)3)14(23)10(17(19)26)16(25)18(11,27)15(9)24/h6,8,11-13,22,24-25,27H,4-5H2,1-3H3,(H2,19,26)/t6?,8?,11?,12?,13?,18-/m0/s1. The van der Waals surface area contributed by atoms with Crippen LogP contribution in [0.4, 0.5) is 0 Å². The van der Waals surface area contributed by atoms with Crippen LogP contribution in [0, 0.1) is 17.8 Å². The lowest BCUT2D eigenvalue weighted by molar-refractivity contribution is -0.156. The number of ketones is 2. The highest BCUT2D eigenvalue weighted by atomic mass is 16.4. The lowest BCUT2D eigenvalue weighted by Crippen LogP contribution is -2.67. The van der Waals surface area contributed by atoms with Crippen LogP contribution in [-0.2, 0) is 14.4 Å². The van der Waals surface area contributed by atoms with Gasteiger partial charge in [-0.05, 0) is 26.4 Å². The number of hydrogen-bond donors (Lipinski definition) is 5. The van der Waals surface area contributed by atoms with Gasteiger partial charge in [-0.1, -0.05) is 6.92 Å². The van der Waals surface area contributed by atoms with E-state index in [1.807, 2.05) is 0 Å². The number of Topliss-reactive ketones (excluding diaryl/α,β-unsaturated/α-hetero) is 2. The molecule has 0 spiro atoms. The summed E-state index contributed by atoms with van der Waals surface area (Å²) in [7, 11) is 3.00. The van der Waals surface area contributed by atoms with E-state index in [2.05, 4.69) is 0 Å². The first-order valence-electron chi connectivity index (χ1n) is 8.77. The number of amides is 1. The molecule has 0 radical (unpaired) electrons.